The first-order valence-corrected chi connectivity index (χ1v) is 21.9. The van der Waals surface area contributed by atoms with Gasteiger partial charge in [0.1, 0.15) is 17.9 Å². The normalized spacial score (nSPS) is 18.7. The van der Waals surface area contributed by atoms with Gasteiger partial charge in [0.25, 0.3) is 0 Å². The molecule has 5 amide bonds. The summed E-state index contributed by atoms with van der Waals surface area (Å²) in [6.45, 7) is 9.92. The third kappa shape index (κ3) is 12.1. The molecule has 2 aliphatic rings. The van der Waals surface area contributed by atoms with Crippen LogP contribution in [0.5, 0.6) is 0 Å². The number of unbranched alkanes of at least 4 members (excludes halogenated alkanes) is 6. The molecule has 1 unspecified atom stereocenters. The predicted octanol–water partition coefficient (Wildman–Crippen LogP) is 5.25. The van der Waals surface area contributed by atoms with E-state index in [1.807, 2.05) is 49.6 Å². The molecule has 0 bridgehead atoms. The van der Waals surface area contributed by atoms with E-state index in [4.69, 9.17) is 15.5 Å². The van der Waals surface area contributed by atoms with Gasteiger partial charge in [-0.15, -0.1) is 11.8 Å². The average Bonchev–Trinajstić information content (AvgIpc) is 3.68. The van der Waals surface area contributed by atoms with Gasteiger partial charge in [-0.25, -0.2) is 9.97 Å². The van der Waals surface area contributed by atoms with E-state index >= 15 is 0 Å². The number of para-hydroxylation sites is 1. The Balaban J connectivity index is 1.03. The maximum absolute atomic E-state index is 13.2. The molecule has 3 heterocycles. The number of likely N-dealkylation sites (tertiary alicyclic amines) is 1. The van der Waals surface area contributed by atoms with Gasteiger partial charge in [-0.05, 0) is 64.9 Å². The first kappa shape index (κ1) is 43.9. The number of anilines is 1. The Morgan fingerprint density at radius 2 is 1.67 bits per heavy atom. The molecule has 57 heavy (non-hydrogen) atoms. The highest BCUT2D eigenvalue weighted by Gasteiger charge is 2.41. The second kappa shape index (κ2) is 21.0. The van der Waals surface area contributed by atoms with Crippen molar-refractivity contribution in [1.29, 1.82) is 0 Å². The molecule has 5 rings (SSSR count). The molecule has 1 atom stereocenters. The van der Waals surface area contributed by atoms with Crippen LogP contribution < -0.4 is 21.7 Å². The van der Waals surface area contributed by atoms with Crippen molar-refractivity contribution >= 4 is 69.1 Å². The maximum atomic E-state index is 13.2. The van der Waals surface area contributed by atoms with E-state index < -0.39 is 10.8 Å². The molecule has 15 heteroatoms. The van der Waals surface area contributed by atoms with Crippen molar-refractivity contribution in [3.63, 3.8) is 0 Å². The number of imide groups is 1. The Hall–Kier alpha value is -4.24. The highest BCUT2D eigenvalue weighted by molar-refractivity contribution is 8.01. The lowest BCUT2D eigenvalue weighted by Gasteiger charge is -2.30. The summed E-state index contributed by atoms with van der Waals surface area (Å²) in [5, 5.41) is 9.20. The van der Waals surface area contributed by atoms with E-state index in [1.54, 1.807) is 0 Å². The van der Waals surface area contributed by atoms with Crippen LogP contribution in [0.25, 0.3) is 21.9 Å². The molecule has 3 aromatic rings. The number of nitrogens with two attached hydrogens (primary N) is 1. The molecule has 312 valence electrons. The van der Waals surface area contributed by atoms with Crippen molar-refractivity contribution in [3.05, 3.63) is 30.1 Å². The molecule has 1 saturated heterocycles. The number of hydrogen-bond acceptors (Lipinski definition) is 10. The van der Waals surface area contributed by atoms with Crippen LogP contribution in [0, 0.1) is 11.8 Å². The number of amides is 5. The third-order valence-electron chi connectivity index (χ3n) is 11.0. The number of rotatable bonds is 22. The fourth-order valence-corrected chi connectivity index (χ4v) is 8.91. The van der Waals surface area contributed by atoms with Crippen molar-refractivity contribution in [1.82, 2.24) is 35.4 Å². The number of nitrogens with one attached hydrogen (secondary N) is 3. The number of nitrogen functional groups attached to an aromatic ring is 1. The number of imidazole rings is 1. The van der Waals surface area contributed by atoms with Gasteiger partial charge in [0, 0.05) is 44.0 Å². The van der Waals surface area contributed by atoms with E-state index in [2.05, 4.69) is 27.9 Å². The van der Waals surface area contributed by atoms with Crippen molar-refractivity contribution < 1.29 is 28.7 Å². The van der Waals surface area contributed by atoms with Gasteiger partial charge in [0.15, 0.2) is 5.82 Å². The Morgan fingerprint density at radius 3 is 2.40 bits per heavy atom. The molecule has 1 aromatic carbocycles. The first-order valence-electron chi connectivity index (χ1n) is 20.8. The van der Waals surface area contributed by atoms with Gasteiger partial charge in [0.05, 0.1) is 34.1 Å². The Labute approximate surface area is 340 Å². The molecule has 5 N–H and O–H groups in total. The summed E-state index contributed by atoms with van der Waals surface area (Å²) in [6.07, 6.45) is 11.0. The van der Waals surface area contributed by atoms with E-state index in [0.29, 0.717) is 69.1 Å². The third-order valence-corrected chi connectivity index (χ3v) is 12.2. The Morgan fingerprint density at radius 1 is 0.947 bits per heavy atom. The fraction of sp³-hybridized carbons (Fsp3) is 0.643. The summed E-state index contributed by atoms with van der Waals surface area (Å²) in [7, 11) is 0. The van der Waals surface area contributed by atoms with E-state index in [9.17, 15) is 24.0 Å². The van der Waals surface area contributed by atoms with Gasteiger partial charge in [-0.1, -0.05) is 63.6 Å². The average molecular weight is 807 g/mol. The van der Waals surface area contributed by atoms with Crippen LogP contribution in [0.3, 0.4) is 0 Å². The monoisotopic (exact) mass is 806 g/mol. The van der Waals surface area contributed by atoms with Crippen LogP contribution in [-0.2, 0) is 41.9 Å². The molecule has 1 aliphatic carbocycles. The second-order valence-corrected chi connectivity index (χ2v) is 17.3. The van der Waals surface area contributed by atoms with Crippen molar-refractivity contribution in [2.45, 2.75) is 129 Å². The zero-order valence-corrected chi connectivity index (χ0v) is 35.0. The van der Waals surface area contributed by atoms with Crippen LogP contribution in [0.15, 0.2) is 24.3 Å². The second-order valence-electron chi connectivity index (χ2n) is 16.1. The maximum Gasteiger partial charge on any atom is 0.242 e. The van der Waals surface area contributed by atoms with Crippen molar-refractivity contribution in [2.75, 3.05) is 37.7 Å². The van der Waals surface area contributed by atoms with Crippen LogP contribution in [0.4, 0.5) is 5.82 Å². The zero-order valence-electron chi connectivity index (χ0n) is 34.2. The van der Waals surface area contributed by atoms with Gasteiger partial charge in [-0.3, -0.25) is 28.9 Å². The standard InChI is InChI=1S/C42H62N8O6S/c1-5-7-8-9-10-11-14-21-44-35(52)26-57-32-22-36(53)49(41(32)55)24-28-17-19-29(20-18-28)40(54)45-23-34(51)48-42(3,4)27-50-33(25-56-6-2)47-37-38(50)30-15-12-13-16-31(30)46-39(37)43/h12-13,15-16,28-29,32H,5-11,14,17-27H2,1-4H3,(H2,43,46)(H,44,52)(H,45,54)(H,48,51). The molecule has 2 fully saturated rings. The van der Waals surface area contributed by atoms with E-state index in [-0.39, 0.29) is 66.7 Å². The smallest absolute Gasteiger partial charge is 0.242 e. The highest BCUT2D eigenvalue weighted by atomic mass is 32.2. The van der Waals surface area contributed by atoms with Crippen LogP contribution >= 0.6 is 11.8 Å². The lowest BCUT2D eigenvalue weighted by atomic mass is 9.81. The lowest BCUT2D eigenvalue weighted by Crippen LogP contribution is -2.50. The zero-order chi connectivity index (χ0) is 41.0. The van der Waals surface area contributed by atoms with Crippen LogP contribution in [0.1, 0.15) is 111 Å². The number of thioether (sulfide) groups is 1. The minimum atomic E-state index is -0.727. The van der Waals surface area contributed by atoms with Gasteiger partial charge < -0.3 is 31.0 Å². The largest absolute Gasteiger partial charge is 0.382 e. The first-order chi connectivity index (χ1) is 27.4. The number of aromatic nitrogens is 3. The van der Waals surface area contributed by atoms with Crippen LogP contribution in [-0.4, -0.2) is 91.8 Å². The molecule has 1 aliphatic heterocycles. The van der Waals surface area contributed by atoms with Crippen molar-refractivity contribution in [2.24, 2.45) is 11.8 Å². The highest BCUT2D eigenvalue weighted by Crippen LogP contribution is 2.33. The Kier molecular flexibility index (Phi) is 16.1. The van der Waals surface area contributed by atoms with E-state index in [1.165, 1.54) is 48.8 Å². The van der Waals surface area contributed by atoms with Crippen LogP contribution in [0.2, 0.25) is 0 Å². The van der Waals surface area contributed by atoms with Gasteiger partial charge in [-0.2, -0.15) is 0 Å². The molecule has 0 radical (unpaired) electrons. The summed E-state index contributed by atoms with van der Waals surface area (Å²) < 4.78 is 7.76. The van der Waals surface area contributed by atoms with Gasteiger partial charge >= 0.3 is 0 Å². The lowest BCUT2D eigenvalue weighted by molar-refractivity contribution is -0.139. The summed E-state index contributed by atoms with van der Waals surface area (Å²) in [4.78, 5) is 75.3. The van der Waals surface area contributed by atoms with Gasteiger partial charge in [0.2, 0.25) is 29.5 Å². The summed E-state index contributed by atoms with van der Waals surface area (Å²) >= 11 is 1.24. The molecular formula is C42H62N8O6S. The number of carbonyl (C=O) groups excluding carboxylic acids is 5. The molecule has 14 nitrogen and oxygen atoms in total. The molecule has 2 aromatic heterocycles. The number of nitrogens with zero attached hydrogens (tertiary/aromatic N) is 4. The summed E-state index contributed by atoms with van der Waals surface area (Å²) in [5.74, 6) is 0.00646. The minimum Gasteiger partial charge on any atom is -0.382 e. The SMILES string of the molecule is CCCCCCCCCNC(=O)CSC1CC(=O)N(CC2CCC(C(=O)NCC(=O)NC(C)(C)Cn3c(COCC)nc4c(N)nc5ccccc5c43)CC2)C1=O. The number of carbonyl (C=O) groups is 5. The summed E-state index contributed by atoms with van der Waals surface area (Å²) in [5.41, 5.74) is 7.76. The number of ether oxygens (including phenoxy) is 1. The Bertz CT molecular complexity index is 1870. The molecular weight excluding hydrogens is 745 g/mol. The number of fused-ring (bicyclic) bond motifs is 3. The number of benzene rings is 1. The minimum absolute atomic E-state index is 0.101. The fourth-order valence-electron chi connectivity index (χ4n) is 7.92. The number of hydrogen-bond donors (Lipinski definition) is 4. The molecule has 1 saturated carbocycles. The quantitative estimate of drug-likeness (QED) is 0.0771. The molecule has 0 spiro atoms. The van der Waals surface area contributed by atoms with E-state index in [0.717, 1.165) is 29.3 Å². The predicted molar refractivity (Wildman–Crippen MR) is 224 cm³/mol. The topological polar surface area (TPSA) is 191 Å². The number of pyridine rings is 1. The van der Waals surface area contributed by atoms with Crippen molar-refractivity contribution in [3.8, 4) is 0 Å². The summed E-state index contributed by atoms with van der Waals surface area (Å²) in [6, 6.07) is 7.72.